The van der Waals surface area contributed by atoms with E-state index < -0.39 is 12.4 Å². The molecule has 1 fully saturated rings. The second-order valence-electron chi connectivity index (χ2n) is 4.50. The Kier molecular flexibility index (Phi) is 3.79. The Hall–Kier alpha value is -1.35. The first-order valence-corrected chi connectivity index (χ1v) is 6.10. The number of benzene rings is 1. The Morgan fingerprint density at radius 2 is 2.00 bits per heavy atom. The molecule has 0 aromatic heterocycles. The van der Waals surface area contributed by atoms with Crippen molar-refractivity contribution in [3.05, 3.63) is 35.9 Å². The van der Waals surface area contributed by atoms with Gasteiger partial charge in [0.15, 0.2) is 6.10 Å². The van der Waals surface area contributed by atoms with E-state index in [4.69, 9.17) is 9.47 Å². The highest BCUT2D eigenvalue weighted by Gasteiger charge is 2.38. The van der Waals surface area contributed by atoms with Crippen molar-refractivity contribution in [3.63, 3.8) is 0 Å². The molecule has 1 aliphatic rings. The first kappa shape index (κ1) is 12.1. The zero-order valence-electron chi connectivity index (χ0n) is 10.3. The van der Waals surface area contributed by atoms with Gasteiger partial charge in [0, 0.05) is 6.42 Å². The van der Waals surface area contributed by atoms with Gasteiger partial charge in [0.2, 0.25) is 6.29 Å². The Morgan fingerprint density at radius 1 is 1.29 bits per heavy atom. The van der Waals surface area contributed by atoms with Gasteiger partial charge < -0.3 is 9.47 Å². The third-order valence-electron chi connectivity index (χ3n) is 3.18. The molecule has 0 saturated carbocycles. The average Bonchev–Trinajstić information content (AvgIpc) is 2.70. The van der Waals surface area contributed by atoms with Gasteiger partial charge in [0.25, 0.3) is 0 Å². The van der Waals surface area contributed by atoms with E-state index in [1.54, 1.807) is 0 Å². The smallest absolute Gasteiger partial charge is 0.338 e. The van der Waals surface area contributed by atoms with Crippen LogP contribution in [0.1, 0.15) is 25.8 Å². The molecule has 0 bridgehead atoms. The minimum Gasteiger partial charge on any atom is -0.433 e. The summed E-state index contributed by atoms with van der Waals surface area (Å²) in [5.74, 6) is -0.0106. The summed E-state index contributed by atoms with van der Waals surface area (Å²) in [4.78, 5) is 11.6. The number of cyclic esters (lactones) is 1. The van der Waals surface area contributed by atoms with Gasteiger partial charge in [-0.05, 0) is 11.5 Å². The predicted octanol–water partition coefficient (Wildman–Crippen LogP) is 2.54. The monoisotopic (exact) mass is 234 g/mol. The molecule has 1 aromatic carbocycles. The maximum Gasteiger partial charge on any atom is 0.338 e. The van der Waals surface area contributed by atoms with Crippen LogP contribution in [0.4, 0.5) is 0 Å². The van der Waals surface area contributed by atoms with Crippen molar-refractivity contribution in [2.24, 2.45) is 5.92 Å². The minimum absolute atomic E-state index is 0.211. The molecule has 3 atom stereocenters. The van der Waals surface area contributed by atoms with Gasteiger partial charge in [0.1, 0.15) is 0 Å². The lowest BCUT2D eigenvalue weighted by Gasteiger charge is -2.13. The number of esters is 1. The second kappa shape index (κ2) is 5.32. The van der Waals surface area contributed by atoms with Crippen molar-refractivity contribution < 1.29 is 14.3 Å². The predicted molar refractivity (Wildman–Crippen MR) is 64.4 cm³/mol. The topological polar surface area (TPSA) is 35.5 Å². The number of ether oxygens (including phenoxy) is 2. The highest BCUT2D eigenvalue weighted by atomic mass is 16.8. The molecule has 1 unspecified atom stereocenters. The van der Waals surface area contributed by atoms with E-state index >= 15 is 0 Å². The molecule has 2 rings (SSSR count). The van der Waals surface area contributed by atoms with E-state index in [1.165, 1.54) is 0 Å². The SMILES string of the molecule is CC[C@@H](C)[C@@H]1OC(Cc2ccccc2)OC1=O. The molecular formula is C14H18O3. The summed E-state index contributed by atoms with van der Waals surface area (Å²) in [5, 5.41) is 0. The van der Waals surface area contributed by atoms with Gasteiger partial charge >= 0.3 is 5.97 Å². The second-order valence-corrected chi connectivity index (χ2v) is 4.50. The fourth-order valence-corrected chi connectivity index (χ4v) is 1.92. The normalized spacial score (nSPS) is 25.6. The van der Waals surface area contributed by atoms with Crippen molar-refractivity contribution in [1.82, 2.24) is 0 Å². The van der Waals surface area contributed by atoms with Crippen LogP contribution in [0.2, 0.25) is 0 Å². The maximum absolute atomic E-state index is 11.6. The van der Waals surface area contributed by atoms with E-state index in [9.17, 15) is 4.79 Å². The van der Waals surface area contributed by atoms with Crippen LogP contribution in [0.5, 0.6) is 0 Å². The molecule has 1 aliphatic heterocycles. The lowest BCUT2D eigenvalue weighted by atomic mass is 10.0. The molecule has 92 valence electrons. The van der Waals surface area contributed by atoms with Crippen molar-refractivity contribution in [3.8, 4) is 0 Å². The van der Waals surface area contributed by atoms with E-state index in [1.807, 2.05) is 44.2 Å². The molecule has 1 heterocycles. The Labute approximate surface area is 102 Å². The van der Waals surface area contributed by atoms with Crippen molar-refractivity contribution in [1.29, 1.82) is 0 Å². The summed E-state index contributed by atoms with van der Waals surface area (Å²) in [5.41, 5.74) is 1.12. The maximum atomic E-state index is 11.6. The molecule has 1 aromatic rings. The number of rotatable bonds is 4. The summed E-state index contributed by atoms with van der Waals surface area (Å²) in [6.07, 6.45) is 0.717. The van der Waals surface area contributed by atoms with Crippen LogP contribution < -0.4 is 0 Å². The molecule has 3 nitrogen and oxygen atoms in total. The van der Waals surface area contributed by atoms with Gasteiger partial charge in [-0.3, -0.25) is 0 Å². The zero-order valence-corrected chi connectivity index (χ0v) is 10.3. The van der Waals surface area contributed by atoms with Crippen LogP contribution >= 0.6 is 0 Å². The molecule has 0 radical (unpaired) electrons. The summed E-state index contributed by atoms with van der Waals surface area (Å²) in [6.45, 7) is 4.06. The highest BCUT2D eigenvalue weighted by molar-refractivity contribution is 5.76. The van der Waals surface area contributed by atoms with Crippen molar-refractivity contribution in [2.45, 2.75) is 39.1 Å². The molecule has 0 N–H and O–H groups in total. The zero-order chi connectivity index (χ0) is 12.3. The molecule has 0 amide bonds. The number of hydrogen-bond donors (Lipinski definition) is 0. The third kappa shape index (κ3) is 2.86. The quantitative estimate of drug-likeness (QED) is 0.751. The lowest BCUT2D eigenvalue weighted by Crippen LogP contribution is -2.24. The average molecular weight is 234 g/mol. The number of hydrogen-bond acceptors (Lipinski definition) is 3. The highest BCUT2D eigenvalue weighted by Crippen LogP contribution is 2.24. The first-order chi connectivity index (χ1) is 8.20. The van der Waals surface area contributed by atoms with Crippen LogP contribution in [-0.4, -0.2) is 18.4 Å². The van der Waals surface area contributed by atoms with Gasteiger partial charge in [-0.1, -0.05) is 50.6 Å². The fraction of sp³-hybridized carbons (Fsp3) is 0.500. The summed E-state index contributed by atoms with van der Waals surface area (Å²) in [6, 6.07) is 9.92. The van der Waals surface area contributed by atoms with Crippen molar-refractivity contribution >= 4 is 5.97 Å². The van der Waals surface area contributed by atoms with Crippen LogP contribution in [0.25, 0.3) is 0 Å². The van der Waals surface area contributed by atoms with Crippen LogP contribution in [0, 0.1) is 5.92 Å². The molecule has 17 heavy (non-hydrogen) atoms. The largest absolute Gasteiger partial charge is 0.433 e. The Bertz CT molecular complexity index is 374. The number of carbonyl (C=O) groups excluding carboxylic acids is 1. The minimum atomic E-state index is -0.427. The summed E-state index contributed by atoms with van der Waals surface area (Å²) >= 11 is 0. The Balaban J connectivity index is 1.95. The third-order valence-corrected chi connectivity index (χ3v) is 3.18. The summed E-state index contributed by atoms with van der Waals surface area (Å²) < 4.78 is 10.9. The molecule has 0 aliphatic carbocycles. The van der Waals surface area contributed by atoms with E-state index in [0.717, 1.165) is 12.0 Å². The lowest BCUT2D eigenvalue weighted by molar-refractivity contribution is -0.143. The van der Waals surface area contributed by atoms with Gasteiger partial charge in [-0.25, -0.2) is 4.79 Å². The summed E-state index contributed by atoms with van der Waals surface area (Å²) in [7, 11) is 0. The van der Waals surface area contributed by atoms with Gasteiger partial charge in [-0.15, -0.1) is 0 Å². The molecule has 3 heteroatoms. The first-order valence-electron chi connectivity index (χ1n) is 6.10. The molecule has 1 saturated heterocycles. The van der Waals surface area contributed by atoms with E-state index in [-0.39, 0.29) is 11.9 Å². The van der Waals surface area contributed by atoms with Crippen LogP contribution in [0.15, 0.2) is 30.3 Å². The standard InChI is InChI=1S/C14H18O3/c1-3-10(2)13-14(15)17-12(16-13)9-11-7-5-4-6-8-11/h4-8,10,12-13H,3,9H2,1-2H3/t10-,12?,13+/m1/s1. The van der Waals surface area contributed by atoms with Gasteiger partial charge in [0.05, 0.1) is 0 Å². The fourth-order valence-electron chi connectivity index (χ4n) is 1.92. The molecule has 0 spiro atoms. The number of carbonyl (C=O) groups is 1. The Morgan fingerprint density at radius 3 is 2.65 bits per heavy atom. The van der Waals surface area contributed by atoms with Crippen molar-refractivity contribution in [2.75, 3.05) is 0 Å². The van der Waals surface area contributed by atoms with Crippen LogP contribution in [-0.2, 0) is 20.7 Å². The molecular weight excluding hydrogens is 216 g/mol. The van der Waals surface area contributed by atoms with E-state index in [0.29, 0.717) is 6.42 Å². The van der Waals surface area contributed by atoms with E-state index in [2.05, 4.69) is 0 Å². The van der Waals surface area contributed by atoms with Crippen LogP contribution in [0.3, 0.4) is 0 Å². The van der Waals surface area contributed by atoms with Gasteiger partial charge in [-0.2, -0.15) is 0 Å².